The number of furan rings is 1. The first-order chi connectivity index (χ1) is 5.29. The van der Waals surface area contributed by atoms with E-state index in [0.29, 0.717) is 0 Å². The van der Waals surface area contributed by atoms with Crippen LogP contribution in [0.3, 0.4) is 0 Å². The molecule has 3 N–H and O–H groups in total. The predicted molar refractivity (Wildman–Crippen MR) is 46.8 cm³/mol. The van der Waals surface area contributed by atoms with Crippen LogP contribution in [0.5, 0.6) is 0 Å². The van der Waals surface area contributed by atoms with Gasteiger partial charge in [-0.25, -0.2) is 5.43 Å². The van der Waals surface area contributed by atoms with Gasteiger partial charge in [-0.1, -0.05) is 6.92 Å². The Morgan fingerprint density at radius 1 is 1.82 bits per heavy atom. The minimum Gasteiger partial charge on any atom is -0.466 e. The number of nitrogens with one attached hydrogen (secondary N) is 1. The quantitative estimate of drug-likeness (QED) is 0.603. The van der Waals surface area contributed by atoms with Crippen molar-refractivity contribution in [2.45, 2.75) is 19.4 Å². The van der Waals surface area contributed by atoms with Crippen LogP contribution in [0, 0.1) is 0 Å². The smallest absolute Gasteiger partial charge is 0.136 e. The van der Waals surface area contributed by atoms with Crippen LogP contribution < -0.4 is 11.3 Å². The highest BCUT2D eigenvalue weighted by atomic mass is 79.9. The van der Waals surface area contributed by atoms with Crippen LogP contribution in [0.25, 0.3) is 0 Å². The van der Waals surface area contributed by atoms with Crippen molar-refractivity contribution in [3.05, 3.63) is 22.6 Å². The standard InChI is InChI=1S/C7H11BrN2O/c1-2-6(10-9)7-5(8)3-4-11-7/h3-4,6,10H,2,9H2,1H3. The van der Waals surface area contributed by atoms with Crippen molar-refractivity contribution in [3.8, 4) is 0 Å². The summed E-state index contributed by atoms with van der Waals surface area (Å²) in [5.74, 6) is 6.17. The Bertz CT molecular complexity index is 220. The number of rotatable bonds is 3. The molecule has 0 radical (unpaired) electrons. The van der Waals surface area contributed by atoms with E-state index >= 15 is 0 Å². The van der Waals surface area contributed by atoms with E-state index in [-0.39, 0.29) is 6.04 Å². The van der Waals surface area contributed by atoms with E-state index < -0.39 is 0 Å². The second-order valence-corrected chi connectivity index (χ2v) is 3.11. The third-order valence-corrected chi connectivity index (χ3v) is 2.23. The molecule has 0 bridgehead atoms. The zero-order chi connectivity index (χ0) is 8.27. The lowest BCUT2D eigenvalue weighted by molar-refractivity contribution is 0.408. The van der Waals surface area contributed by atoms with Crippen LogP contribution in [-0.4, -0.2) is 0 Å². The van der Waals surface area contributed by atoms with E-state index in [1.54, 1.807) is 6.26 Å². The second kappa shape index (κ2) is 3.90. The molecular formula is C7H11BrN2O. The summed E-state index contributed by atoms with van der Waals surface area (Å²) >= 11 is 3.36. The van der Waals surface area contributed by atoms with Gasteiger partial charge in [-0.05, 0) is 28.4 Å². The van der Waals surface area contributed by atoms with Crippen LogP contribution in [0.2, 0.25) is 0 Å². The summed E-state index contributed by atoms with van der Waals surface area (Å²) in [6.07, 6.45) is 2.54. The van der Waals surface area contributed by atoms with Gasteiger partial charge in [-0.2, -0.15) is 0 Å². The van der Waals surface area contributed by atoms with Crippen molar-refractivity contribution >= 4 is 15.9 Å². The van der Waals surface area contributed by atoms with Gasteiger partial charge in [-0.15, -0.1) is 0 Å². The molecule has 0 saturated carbocycles. The molecule has 3 nitrogen and oxygen atoms in total. The first kappa shape index (κ1) is 8.77. The van der Waals surface area contributed by atoms with E-state index in [1.165, 1.54) is 0 Å². The maximum Gasteiger partial charge on any atom is 0.136 e. The molecule has 1 aromatic rings. The van der Waals surface area contributed by atoms with Gasteiger partial charge in [0.15, 0.2) is 0 Å². The highest BCUT2D eigenvalue weighted by molar-refractivity contribution is 9.10. The van der Waals surface area contributed by atoms with E-state index in [1.807, 2.05) is 13.0 Å². The zero-order valence-electron chi connectivity index (χ0n) is 6.30. The van der Waals surface area contributed by atoms with Crippen LogP contribution in [-0.2, 0) is 0 Å². The molecule has 4 heteroatoms. The summed E-state index contributed by atoms with van der Waals surface area (Å²) in [5, 5.41) is 0. The second-order valence-electron chi connectivity index (χ2n) is 2.26. The Balaban J connectivity index is 2.81. The molecule has 1 atom stereocenters. The molecule has 0 aliphatic carbocycles. The topological polar surface area (TPSA) is 51.2 Å². The Morgan fingerprint density at radius 3 is 2.91 bits per heavy atom. The van der Waals surface area contributed by atoms with Gasteiger partial charge < -0.3 is 4.42 Å². The summed E-state index contributed by atoms with van der Waals surface area (Å²) in [6, 6.07) is 1.95. The minimum absolute atomic E-state index is 0.0966. The van der Waals surface area contributed by atoms with Crippen LogP contribution in [0.4, 0.5) is 0 Å². The highest BCUT2D eigenvalue weighted by Crippen LogP contribution is 2.25. The minimum atomic E-state index is 0.0966. The lowest BCUT2D eigenvalue weighted by Gasteiger charge is -2.10. The number of hydrazine groups is 1. The van der Waals surface area contributed by atoms with Crippen molar-refractivity contribution in [1.82, 2.24) is 5.43 Å². The monoisotopic (exact) mass is 218 g/mol. The molecule has 0 aliphatic heterocycles. The number of halogens is 1. The summed E-state index contributed by atoms with van der Waals surface area (Å²) in [6.45, 7) is 2.04. The molecule has 1 heterocycles. The molecule has 0 fully saturated rings. The van der Waals surface area contributed by atoms with Gasteiger partial charge in [0.2, 0.25) is 0 Å². The van der Waals surface area contributed by atoms with E-state index in [9.17, 15) is 0 Å². The van der Waals surface area contributed by atoms with Crippen molar-refractivity contribution < 1.29 is 4.42 Å². The largest absolute Gasteiger partial charge is 0.466 e. The predicted octanol–water partition coefficient (Wildman–Crippen LogP) is 1.96. The molecule has 62 valence electrons. The third kappa shape index (κ3) is 1.83. The van der Waals surface area contributed by atoms with E-state index in [2.05, 4.69) is 21.4 Å². The van der Waals surface area contributed by atoms with Crippen LogP contribution >= 0.6 is 15.9 Å². The van der Waals surface area contributed by atoms with Crippen molar-refractivity contribution in [1.29, 1.82) is 0 Å². The number of nitrogens with two attached hydrogens (primary N) is 1. The Labute approximate surface area is 74.0 Å². The molecule has 0 aromatic carbocycles. The molecule has 0 aliphatic rings. The first-order valence-corrected chi connectivity index (χ1v) is 4.28. The highest BCUT2D eigenvalue weighted by Gasteiger charge is 2.13. The molecule has 0 amide bonds. The lowest BCUT2D eigenvalue weighted by atomic mass is 10.2. The van der Waals surface area contributed by atoms with Crippen molar-refractivity contribution in [3.63, 3.8) is 0 Å². The normalized spacial score (nSPS) is 13.4. The Hall–Kier alpha value is -0.320. The summed E-state index contributed by atoms with van der Waals surface area (Å²) < 4.78 is 6.18. The van der Waals surface area contributed by atoms with E-state index in [4.69, 9.17) is 10.3 Å². The molecule has 0 spiro atoms. The van der Waals surface area contributed by atoms with Gasteiger partial charge in [0, 0.05) is 0 Å². The average Bonchev–Trinajstić information content (AvgIpc) is 2.40. The van der Waals surface area contributed by atoms with Gasteiger partial charge in [0.25, 0.3) is 0 Å². The van der Waals surface area contributed by atoms with Gasteiger partial charge in [0.1, 0.15) is 5.76 Å². The summed E-state index contributed by atoms with van der Waals surface area (Å²) in [4.78, 5) is 0. The van der Waals surface area contributed by atoms with Crippen LogP contribution in [0.15, 0.2) is 21.2 Å². The molecule has 1 rings (SSSR count). The Kier molecular flexibility index (Phi) is 3.11. The third-order valence-electron chi connectivity index (χ3n) is 1.57. The molecule has 11 heavy (non-hydrogen) atoms. The fraction of sp³-hybridized carbons (Fsp3) is 0.429. The van der Waals surface area contributed by atoms with Crippen molar-refractivity contribution in [2.24, 2.45) is 5.84 Å². The maximum atomic E-state index is 5.31. The van der Waals surface area contributed by atoms with Crippen molar-refractivity contribution in [2.75, 3.05) is 0 Å². The molecule has 0 saturated heterocycles. The summed E-state index contributed by atoms with van der Waals surface area (Å²) in [5.41, 5.74) is 2.67. The molecular weight excluding hydrogens is 208 g/mol. The molecule has 1 unspecified atom stereocenters. The Morgan fingerprint density at radius 2 is 2.55 bits per heavy atom. The summed E-state index contributed by atoms with van der Waals surface area (Å²) in [7, 11) is 0. The fourth-order valence-corrected chi connectivity index (χ4v) is 1.41. The lowest BCUT2D eigenvalue weighted by Crippen LogP contribution is -2.27. The van der Waals surface area contributed by atoms with E-state index in [0.717, 1.165) is 16.7 Å². The number of hydrogen-bond donors (Lipinski definition) is 2. The van der Waals surface area contributed by atoms with Gasteiger partial charge in [-0.3, -0.25) is 5.84 Å². The number of hydrogen-bond acceptors (Lipinski definition) is 3. The SMILES string of the molecule is CCC(NN)c1occc1Br. The first-order valence-electron chi connectivity index (χ1n) is 3.48. The average molecular weight is 219 g/mol. The zero-order valence-corrected chi connectivity index (χ0v) is 7.89. The van der Waals surface area contributed by atoms with Gasteiger partial charge >= 0.3 is 0 Å². The maximum absolute atomic E-state index is 5.31. The molecule has 1 aromatic heterocycles. The fourth-order valence-electron chi connectivity index (χ4n) is 0.933. The van der Waals surface area contributed by atoms with Gasteiger partial charge in [0.05, 0.1) is 16.8 Å². The van der Waals surface area contributed by atoms with Crippen LogP contribution in [0.1, 0.15) is 25.1 Å².